The second kappa shape index (κ2) is 5.93. The summed E-state index contributed by atoms with van der Waals surface area (Å²) in [6.07, 6.45) is 2.68. The summed E-state index contributed by atoms with van der Waals surface area (Å²) in [7, 11) is 0. The van der Waals surface area contributed by atoms with Crippen molar-refractivity contribution in [2.45, 2.75) is 39.2 Å². The van der Waals surface area contributed by atoms with Gasteiger partial charge in [-0.15, -0.1) is 11.3 Å². The molecule has 0 radical (unpaired) electrons. The minimum absolute atomic E-state index is 0.223. The molecule has 2 aromatic heterocycles. The number of nitrogens with zero attached hydrogens (tertiary/aromatic N) is 3. The summed E-state index contributed by atoms with van der Waals surface area (Å²) >= 11 is 1.52. The first-order valence-electron chi connectivity index (χ1n) is 7.29. The van der Waals surface area contributed by atoms with Crippen molar-refractivity contribution in [3.63, 3.8) is 0 Å². The fourth-order valence-electron chi connectivity index (χ4n) is 2.90. The maximum atomic E-state index is 12.3. The molecule has 110 valence electrons. The molecule has 1 aliphatic rings. The summed E-state index contributed by atoms with van der Waals surface area (Å²) in [5.41, 5.74) is 1.96. The maximum Gasteiger partial charge on any atom is 0.226 e. The fourth-order valence-corrected chi connectivity index (χ4v) is 3.57. The molecule has 5 heteroatoms. The number of thiophene rings is 1. The standard InChI is InChI=1S/C16H19N3OS/c1-11-9-12(2)18-16(17-11)19-7-3-5-13(19)10-14(20)15-6-4-8-21-15/h4,6,8-9,13H,3,5,7,10H2,1-2H3/t13-/m0/s1. The van der Waals surface area contributed by atoms with E-state index in [9.17, 15) is 4.79 Å². The van der Waals surface area contributed by atoms with Gasteiger partial charge in [0.15, 0.2) is 5.78 Å². The Morgan fingerprint density at radius 2 is 2.14 bits per heavy atom. The van der Waals surface area contributed by atoms with Crippen LogP contribution in [0.15, 0.2) is 23.6 Å². The molecule has 21 heavy (non-hydrogen) atoms. The molecule has 0 amide bonds. The zero-order valence-electron chi connectivity index (χ0n) is 12.4. The van der Waals surface area contributed by atoms with Gasteiger partial charge in [-0.2, -0.15) is 0 Å². The minimum Gasteiger partial charge on any atom is -0.337 e. The molecule has 4 nitrogen and oxygen atoms in total. The summed E-state index contributed by atoms with van der Waals surface area (Å²) in [6, 6.07) is 6.03. The zero-order chi connectivity index (χ0) is 14.8. The zero-order valence-corrected chi connectivity index (χ0v) is 13.2. The highest BCUT2D eigenvalue weighted by molar-refractivity contribution is 7.12. The second-order valence-electron chi connectivity index (χ2n) is 5.54. The molecular formula is C16H19N3OS. The highest BCUT2D eigenvalue weighted by Crippen LogP contribution is 2.26. The van der Waals surface area contributed by atoms with Gasteiger partial charge in [0.05, 0.1) is 4.88 Å². The van der Waals surface area contributed by atoms with E-state index in [0.29, 0.717) is 6.42 Å². The number of aromatic nitrogens is 2. The highest BCUT2D eigenvalue weighted by atomic mass is 32.1. The lowest BCUT2D eigenvalue weighted by molar-refractivity contribution is 0.0978. The van der Waals surface area contributed by atoms with Gasteiger partial charge in [-0.3, -0.25) is 4.79 Å². The average Bonchev–Trinajstić information content (AvgIpc) is 3.08. The van der Waals surface area contributed by atoms with Crippen LogP contribution in [0.25, 0.3) is 0 Å². The lowest BCUT2D eigenvalue weighted by Crippen LogP contribution is -2.32. The van der Waals surface area contributed by atoms with E-state index in [1.54, 1.807) is 0 Å². The molecule has 0 bridgehead atoms. The van der Waals surface area contributed by atoms with Gasteiger partial charge in [-0.05, 0) is 44.2 Å². The Kier molecular flexibility index (Phi) is 4.01. The Balaban J connectivity index is 1.77. The van der Waals surface area contributed by atoms with Gasteiger partial charge < -0.3 is 4.90 Å². The van der Waals surface area contributed by atoms with Crippen molar-refractivity contribution in [3.05, 3.63) is 39.8 Å². The van der Waals surface area contributed by atoms with Crippen molar-refractivity contribution in [1.82, 2.24) is 9.97 Å². The van der Waals surface area contributed by atoms with Crippen LogP contribution in [0.5, 0.6) is 0 Å². The Morgan fingerprint density at radius 1 is 1.38 bits per heavy atom. The van der Waals surface area contributed by atoms with E-state index in [4.69, 9.17) is 0 Å². The molecule has 2 aromatic rings. The molecule has 0 aliphatic carbocycles. The SMILES string of the molecule is Cc1cc(C)nc(N2CCC[C@H]2CC(=O)c2cccs2)n1. The molecule has 3 heterocycles. The van der Waals surface area contributed by atoms with E-state index in [1.165, 1.54) is 11.3 Å². The average molecular weight is 301 g/mol. The van der Waals surface area contributed by atoms with E-state index in [-0.39, 0.29) is 11.8 Å². The van der Waals surface area contributed by atoms with Crippen molar-refractivity contribution in [3.8, 4) is 0 Å². The number of hydrogen-bond donors (Lipinski definition) is 0. The van der Waals surface area contributed by atoms with Gasteiger partial charge in [0.2, 0.25) is 5.95 Å². The number of carbonyl (C=O) groups is 1. The summed E-state index contributed by atoms with van der Waals surface area (Å²) in [5.74, 6) is 1.00. The minimum atomic E-state index is 0.223. The molecule has 0 spiro atoms. The van der Waals surface area contributed by atoms with E-state index >= 15 is 0 Å². The molecule has 0 aromatic carbocycles. The van der Waals surface area contributed by atoms with Crippen molar-refractivity contribution >= 4 is 23.1 Å². The molecule has 3 rings (SSSR count). The van der Waals surface area contributed by atoms with Gasteiger partial charge >= 0.3 is 0 Å². The lowest BCUT2D eigenvalue weighted by Gasteiger charge is -2.24. The van der Waals surface area contributed by atoms with Gasteiger partial charge in [0.1, 0.15) is 0 Å². The summed E-state index contributed by atoms with van der Waals surface area (Å²) in [5, 5.41) is 1.95. The predicted octanol–water partition coefficient (Wildman–Crippen LogP) is 3.40. The van der Waals surface area contributed by atoms with Crippen molar-refractivity contribution < 1.29 is 4.79 Å². The third-order valence-corrected chi connectivity index (χ3v) is 4.73. The van der Waals surface area contributed by atoms with Crippen LogP contribution in [0.3, 0.4) is 0 Å². The van der Waals surface area contributed by atoms with Crippen molar-refractivity contribution in [2.75, 3.05) is 11.4 Å². The van der Waals surface area contributed by atoms with Crippen LogP contribution in [0.4, 0.5) is 5.95 Å². The first-order valence-corrected chi connectivity index (χ1v) is 8.17. The number of aryl methyl sites for hydroxylation is 2. The van der Waals surface area contributed by atoms with Crippen LogP contribution >= 0.6 is 11.3 Å². The van der Waals surface area contributed by atoms with Crippen LogP contribution in [0, 0.1) is 13.8 Å². The number of rotatable bonds is 4. The first kappa shape index (κ1) is 14.2. The molecule has 0 N–H and O–H groups in total. The second-order valence-corrected chi connectivity index (χ2v) is 6.49. The third-order valence-electron chi connectivity index (χ3n) is 3.82. The van der Waals surface area contributed by atoms with E-state index in [1.807, 2.05) is 37.4 Å². The maximum absolute atomic E-state index is 12.3. The van der Waals surface area contributed by atoms with Gasteiger partial charge in [-0.1, -0.05) is 6.07 Å². The van der Waals surface area contributed by atoms with Crippen LogP contribution in [0.2, 0.25) is 0 Å². The number of hydrogen-bond acceptors (Lipinski definition) is 5. The number of Topliss-reactive ketones (excluding diaryl/α,β-unsaturated/α-hetero) is 1. The first-order chi connectivity index (χ1) is 10.1. The Bertz CT molecular complexity index is 619. The van der Waals surface area contributed by atoms with Crippen LogP contribution in [0.1, 0.15) is 40.3 Å². The van der Waals surface area contributed by atoms with Gasteiger partial charge in [0, 0.05) is 30.4 Å². The smallest absolute Gasteiger partial charge is 0.226 e. The van der Waals surface area contributed by atoms with Gasteiger partial charge in [0.25, 0.3) is 0 Å². The Labute approximate surface area is 128 Å². The molecule has 1 saturated heterocycles. The number of anilines is 1. The van der Waals surface area contributed by atoms with Crippen LogP contribution in [-0.2, 0) is 0 Å². The fraction of sp³-hybridized carbons (Fsp3) is 0.438. The summed E-state index contributed by atoms with van der Waals surface area (Å²) in [6.45, 7) is 4.91. The van der Waals surface area contributed by atoms with Gasteiger partial charge in [-0.25, -0.2) is 9.97 Å². The monoisotopic (exact) mass is 301 g/mol. The molecular weight excluding hydrogens is 282 g/mol. The molecule has 1 aliphatic heterocycles. The number of carbonyl (C=O) groups excluding carboxylic acids is 1. The van der Waals surface area contributed by atoms with Crippen molar-refractivity contribution in [1.29, 1.82) is 0 Å². The molecule has 1 atom stereocenters. The normalized spacial score (nSPS) is 18.2. The van der Waals surface area contributed by atoms with E-state index in [0.717, 1.165) is 41.6 Å². The molecule has 0 unspecified atom stereocenters. The summed E-state index contributed by atoms with van der Waals surface area (Å²) in [4.78, 5) is 24.5. The van der Waals surface area contributed by atoms with Crippen LogP contribution in [-0.4, -0.2) is 28.3 Å². The topological polar surface area (TPSA) is 46.1 Å². The summed E-state index contributed by atoms with van der Waals surface area (Å²) < 4.78 is 0. The highest BCUT2D eigenvalue weighted by Gasteiger charge is 2.29. The number of ketones is 1. The van der Waals surface area contributed by atoms with E-state index < -0.39 is 0 Å². The van der Waals surface area contributed by atoms with Crippen molar-refractivity contribution in [2.24, 2.45) is 0 Å². The quantitative estimate of drug-likeness (QED) is 0.812. The Morgan fingerprint density at radius 3 is 2.81 bits per heavy atom. The molecule has 0 saturated carbocycles. The largest absolute Gasteiger partial charge is 0.337 e. The van der Waals surface area contributed by atoms with Crippen LogP contribution < -0.4 is 4.90 Å². The third kappa shape index (κ3) is 3.13. The molecule has 1 fully saturated rings. The van der Waals surface area contributed by atoms with E-state index in [2.05, 4.69) is 14.9 Å². The predicted molar refractivity (Wildman–Crippen MR) is 85.1 cm³/mol. The lowest BCUT2D eigenvalue weighted by atomic mass is 10.1. The Hall–Kier alpha value is -1.75.